The number of rotatable bonds is 10. The Labute approximate surface area is 215 Å². The quantitative estimate of drug-likeness (QED) is 0.197. The number of guanidine groups is 1. The summed E-state index contributed by atoms with van der Waals surface area (Å²) >= 11 is 0. The first-order chi connectivity index (χ1) is 15.7. The minimum atomic E-state index is 0. The fraction of sp³-hybridized carbons (Fsp3) is 0.560. The average Bonchev–Trinajstić information content (AvgIpc) is 3.05. The van der Waals surface area contributed by atoms with Crippen molar-refractivity contribution in [2.45, 2.75) is 58.8 Å². The van der Waals surface area contributed by atoms with Gasteiger partial charge in [0.1, 0.15) is 0 Å². The molecule has 0 saturated carbocycles. The number of aromatic nitrogens is 2. The van der Waals surface area contributed by atoms with Gasteiger partial charge in [0.15, 0.2) is 5.96 Å². The van der Waals surface area contributed by atoms with Gasteiger partial charge in [0.05, 0.1) is 11.4 Å². The van der Waals surface area contributed by atoms with Gasteiger partial charge < -0.3 is 15.5 Å². The summed E-state index contributed by atoms with van der Waals surface area (Å²) in [6, 6.07) is 10.2. The van der Waals surface area contributed by atoms with E-state index in [0.29, 0.717) is 12.3 Å². The Bertz CT molecular complexity index is 867. The number of halogens is 1. The summed E-state index contributed by atoms with van der Waals surface area (Å²) in [4.78, 5) is 18.8. The molecule has 182 valence electrons. The van der Waals surface area contributed by atoms with E-state index >= 15 is 0 Å². The molecule has 0 spiro atoms. The molecule has 1 aliphatic rings. The van der Waals surface area contributed by atoms with Crippen molar-refractivity contribution in [2.75, 3.05) is 32.7 Å². The monoisotopic (exact) mass is 566 g/mol. The highest BCUT2D eigenvalue weighted by Gasteiger charge is 2.15. The smallest absolute Gasteiger partial charge is 0.222 e. The normalized spacial score (nSPS) is 14.5. The summed E-state index contributed by atoms with van der Waals surface area (Å²) in [6.45, 7) is 8.28. The fourth-order valence-corrected chi connectivity index (χ4v) is 4.01. The van der Waals surface area contributed by atoms with E-state index in [4.69, 9.17) is 4.99 Å². The van der Waals surface area contributed by atoms with E-state index in [9.17, 15) is 4.79 Å². The van der Waals surface area contributed by atoms with Crippen LogP contribution in [0, 0.1) is 6.92 Å². The maximum absolute atomic E-state index is 12.1. The van der Waals surface area contributed by atoms with Gasteiger partial charge in [-0.25, -0.2) is 4.68 Å². The highest BCUT2D eigenvalue weighted by Crippen LogP contribution is 2.13. The molecule has 2 N–H and O–H groups in total. The van der Waals surface area contributed by atoms with Gasteiger partial charge in [0.25, 0.3) is 0 Å². The fourth-order valence-electron chi connectivity index (χ4n) is 4.01. The third-order valence-electron chi connectivity index (χ3n) is 5.81. The molecule has 1 saturated heterocycles. The molecular formula is C25H39IN6O. The van der Waals surface area contributed by atoms with Crippen LogP contribution in [0.15, 0.2) is 41.5 Å². The molecule has 0 aliphatic carbocycles. The molecule has 0 radical (unpaired) electrons. The lowest BCUT2D eigenvalue weighted by molar-refractivity contribution is -0.130. The highest BCUT2D eigenvalue weighted by atomic mass is 127. The van der Waals surface area contributed by atoms with Crippen LogP contribution in [0.5, 0.6) is 0 Å². The second-order valence-electron chi connectivity index (χ2n) is 8.36. The number of hydrogen-bond donors (Lipinski definition) is 2. The molecule has 3 rings (SSSR count). The first-order valence-electron chi connectivity index (χ1n) is 12.1. The molecule has 0 bridgehead atoms. The molecule has 1 aromatic carbocycles. The van der Waals surface area contributed by atoms with Crippen LogP contribution in [-0.2, 0) is 11.2 Å². The lowest BCUT2D eigenvalue weighted by Gasteiger charge is -2.20. The second-order valence-corrected chi connectivity index (χ2v) is 8.36. The van der Waals surface area contributed by atoms with Gasteiger partial charge in [0.2, 0.25) is 5.91 Å². The van der Waals surface area contributed by atoms with Gasteiger partial charge in [-0.15, -0.1) is 24.0 Å². The maximum Gasteiger partial charge on any atom is 0.222 e. The van der Waals surface area contributed by atoms with E-state index in [1.807, 2.05) is 27.8 Å². The molecule has 0 atom stereocenters. The Morgan fingerprint density at radius 3 is 2.73 bits per heavy atom. The van der Waals surface area contributed by atoms with Crippen molar-refractivity contribution in [1.82, 2.24) is 25.3 Å². The van der Waals surface area contributed by atoms with Crippen LogP contribution in [0.2, 0.25) is 0 Å². The van der Waals surface area contributed by atoms with Crippen molar-refractivity contribution >= 4 is 35.8 Å². The van der Waals surface area contributed by atoms with Gasteiger partial charge in [-0.05, 0) is 63.6 Å². The molecule has 1 fully saturated rings. The zero-order valence-corrected chi connectivity index (χ0v) is 22.4. The number of nitrogens with zero attached hydrogens (tertiary/aromatic N) is 4. The van der Waals surface area contributed by atoms with Crippen molar-refractivity contribution in [3.63, 3.8) is 0 Å². The van der Waals surface area contributed by atoms with Gasteiger partial charge in [0, 0.05) is 45.3 Å². The van der Waals surface area contributed by atoms with Crippen molar-refractivity contribution in [2.24, 2.45) is 4.99 Å². The summed E-state index contributed by atoms with van der Waals surface area (Å²) < 4.78 is 1.96. The van der Waals surface area contributed by atoms with Gasteiger partial charge in [-0.1, -0.05) is 24.6 Å². The third-order valence-corrected chi connectivity index (χ3v) is 5.81. The van der Waals surface area contributed by atoms with E-state index in [-0.39, 0.29) is 24.0 Å². The number of hydrogen-bond acceptors (Lipinski definition) is 3. The second kappa shape index (κ2) is 14.9. The summed E-state index contributed by atoms with van der Waals surface area (Å²) in [6.07, 6.45) is 9.06. The Morgan fingerprint density at radius 2 is 1.94 bits per heavy atom. The Morgan fingerprint density at radius 1 is 1.12 bits per heavy atom. The van der Waals surface area contributed by atoms with Crippen molar-refractivity contribution in [1.29, 1.82) is 0 Å². The largest absolute Gasteiger partial charge is 0.357 e. The zero-order chi connectivity index (χ0) is 22.6. The number of aryl methyl sites for hydroxylation is 2. The average molecular weight is 567 g/mol. The van der Waals surface area contributed by atoms with Crippen LogP contribution in [0.4, 0.5) is 0 Å². The lowest BCUT2D eigenvalue weighted by Crippen LogP contribution is -2.38. The molecule has 2 heterocycles. The molecule has 1 aliphatic heterocycles. The Balaban J connectivity index is 0.00000385. The van der Waals surface area contributed by atoms with Crippen LogP contribution in [0.1, 0.15) is 56.7 Å². The molecule has 0 unspecified atom stereocenters. The summed E-state index contributed by atoms with van der Waals surface area (Å²) in [7, 11) is 0. The van der Waals surface area contributed by atoms with E-state index in [1.54, 1.807) is 0 Å². The number of amides is 1. The maximum atomic E-state index is 12.1. The summed E-state index contributed by atoms with van der Waals surface area (Å²) in [5, 5.41) is 11.4. The van der Waals surface area contributed by atoms with Crippen LogP contribution in [-0.4, -0.2) is 59.3 Å². The zero-order valence-electron chi connectivity index (χ0n) is 20.1. The van der Waals surface area contributed by atoms with Crippen LogP contribution in [0.3, 0.4) is 0 Å². The minimum absolute atomic E-state index is 0. The number of para-hydroxylation sites is 1. The number of carbonyl (C=O) groups is 1. The topological polar surface area (TPSA) is 74.6 Å². The number of likely N-dealkylation sites (tertiary alicyclic amines) is 1. The van der Waals surface area contributed by atoms with E-state index in [2.05, 4.69) is 47.9 Å². The first-order valence-corrected chi connectivity index (χ1v) is 12.1. The molecule has 2 aromatic rings. The minimum Gasteiger partial charge on any atom is -0.357 e. The summed E-state index contributed by atoms with van der Waals surface area (Å²) in [5.74, 6) is 1.16. The Hall–Kier alpha value is -2.10. The van der Waals surface area contributed by atoms with Gasteiger partial charge in [-0.3, -0.25) is 9.79 Å². The molecule has 1 aromatic heterocycles. The highest BCUT2D eigenvalue weighted by molar-refractivity contribution is 14.0. The van der Waals surface area contributed by atoms with Crippen LogP contribution in [0.25, 0.3) is 5.69 Å². The van der Waals surface area contributed by atoms with Crippen LogP contribution < -0.4 is 10.6 Å². The molecule has 33 heavy (non-hydrogen) atoms. The standard InChI is InChI=1S/C25H38N6O.HI/c1-3-26-25(28-17-11-19-30-18-9-5-8-15-24(30)32)27-16-10-12-22-20-31(29-21(22)2)23-13-6-4-7-14-23;/h4,6-7,13-14,20H,3,5,8-12,15-19H2,1-2H3,(H2,26,27,28);1H. The molecule has 7 nitrogen and oxygen atoms in total. The number of benzene rings is 1. The van der Waals surface area contributed by atoms with Crippen LogP contribution >= 0.6 is 24.0 Å². The molecule has 1 amide bonds. The third kappa shape index (κ3) is 8.98. The lowest BCUT2D eigenvalue weighted by atomic mass is 10.1. The van der Waals surface area contributed by atoms with Crippen molar-refractivity contribution in [3.05, 3.63) is 47.8 Å². The molecular weight excluding hydrogens is 527 g/mol. The number of aliphatic imine (C=N–C) groups is 1. The predicted molar refractivity (Wildman–Crippen MR) is 146 cm³/mol. The van der Waals surface area contributed by atoms with Crippen molar-refractivity contribution in [3.8, 4) is 5.69 Å². The van der Waals surface area contributed by atoms with Gasteiger partial charge in [-0.2, -0.15) is 5.10 Å². The number of nitrogens with one attached hydrogen (secondary N) is 2. The van der Waals surface area contributed by atoms with Crippen molar-refractivity contribution < 1.29 is 4.79 Å². The van der Waals surface area contributed by atoms with E-state index < -0.39 is 0 Å². The first kappa shape index (κ1) is 27.1. The molecule has 8 heteroatoms. The predicted octanol–water partition coefficient (Wildman–Crippen LogP) is 4.08. The number of carbonyl (C=O) groups excluding carboxylic acids is 1. The summed E-state index contributed by atoms with van der Waals surface area (Å²) in [5.41, 5.74) is 3.45. The van der Waals surface area contributed by atoms with Gasteiger partial charge >= 0.3 is 0 Å². The van der Waals surface area contributed by atoms with E-state index in [1.165, 1.54) is 12.0 Å². The SMILES string of the molecule is CCNC(=NCCCN1CCCCCC1=O)NCCCc1cn(-c2ccccc2)nc1C.I. The Kier molecular flexibility index (Phi) is 12.3. The van der Waals surface area contributed by atoms with E-state index in [0.717, 1.165) is 82.2 Å².